The molecule has 3 N–H and O–H groups in total. The number of anilines is 2. The van der Waals surface area contributed by atoms with Gasteiger partial charge in [-0.05, 0) is 48.6 Å². The molecule has 8 nitrogen and oxygen atoms in total. The third-order valence-corrected chi connectivity index (χ3v) is 5.90. The number of nitrogens with one attached hydrogen (secondary N) is 2. The van der Waals surface area contributed by atoms with Gasteiger partial charge in [0.15, 0.2) is 0 Å². The number of carboxylic acid groups (broad SMARTS) is 1. The summed E-state index contributed by atoms with van der Waals surface area (Å²) < 4.78 is 5.64. The standard InChI is InChI=1S/C20H17ClN4O4S/c21-16-8-7-15(30-16)18(26)23-17-14(19(27)28)2-1-9-24(17)12-3-5-13(6-4-12)25-10-11-29-20(25)22/h1-9,17,22H,10-11H2,(H,23,26)(H,27,28). The third-order valence-electron chi connectivity index (χ3n) is 4.67. The summed E-state index contributed by atoms with van der Waals surface area (Å²) in [6.45, 7) is 1.05. The lowest BCUT2D eigenvalue weighted by Crippen LogP contribution is -2.49. The van der Waals surface area contributed by atoms with Crippen molar-refractivity contribution in [1.82, 2.24) is 5.32 Å². The average molecular weight is 445 g/mol. The van der Waals surface area contributed by atoms with Crippen LogP contribution in [0.3, 0.4) is 0 Å². The van der Waals surface area contributed by atoms with Gasteiger partial charge in [-0.1, -0.05) is 11.6 Å². The van der Waals surface area contributed by atoms with Crippen LogP contribution in [0.25, 0.3) is 0 Å². The van der Waals surface area contributed by atoms with Crippen LogP contribution in [0.4, 0.5) is 11.4 Å². The van der Waals surface area contributed by atoms with Crippen molar-refractivity contribution in [1.29, 1.82) is 5.41 Å². The van der Waals surface area contributed by atoms with E-state index < -0.39 is 18.0 Å². The molecule has 1 fully saturated rings. The molecular weight excluding hydrogens is 428 g/mol. The molecule has 2 aliphatic rings. The number of aliphatic carboxylic acids is 1. The first-order chi connectivity index (χ1) is 14.4. The summed E-state index contributed by atoms with van der Waals surface area (Å²) in [5.74, 6) is -1.54. The SMILES string of the molecule is N=C1OCCN1c1ccc(N2C=CC=C(C(=O)O)C2NC(=O)c2ccc(Cl)s2)cc1. The van der Waals surface area contributed by atoms with Gasteiger partial charge in [0.05, 0.1) is 21.3 Å². The third kappa shape index (κ3) is 3.89. The Morgan fingerprint density at radius 2 is 1.93 bits per heavy atom. The van der Waals surface area contributed by atoms with E-state index in [2.05, 4.69) is 5.32 Å². The van der Waals surface area contributed by atoms with Crippen molar-refractivity contribution in [3.8, 4) is 0 Å². The predicted molar refractivity (Wildman–Crippen MR) is 115 cm³/mol. The Balaban J connectivity index is 1.60. The van der Waals surface area contributed by atoms with Crippen LogP contribution in [-0.4, -0.2) is 42.3 Å². The van der Waals surface area contributed by atoms with Gasteiger partial charge in [-0.25, -0.2) is 4.79 Å². The summed E-state index contributed by atoms with van der Waals surface area (Å²) in [5, 5.41) is 20.2. The average Bonchev–Trinajstić information content (AvgIpc) is 3.36. The second-order valence-corrected chi connectivity index (χ2v) is 8.19. The molecular formula is C20H17ClN4O4S. The Kier molecular flexibility index (Phi) is 5.47. The smallest absolute Gasteiger partial charge is 0.335 e. The van der Waals surface area contributed by atoms with E-state index in [9.17, 15) is 14.7 Å². The number of nitrogens with zero attached hydrogens (tertiary/aromatic N) is 2. The lowest BCUT2D eigenvalue weighted by atomic mass is 10.1. The predicted octanol–water partition coefficient (Wildman–Crippen LogP) is 3.27. The van der Waals surface area contributed by atoms with E-state index in [4.69, 9.17) is 21.7 Å². The molecule has 0 spiro atoms. The number of carboxylic acids is 1. The molecule has 1 aromatic heterocycles. The summed E-state index contributed by atoms with van der Waals surface area (Å²) in [4.78, 5) is 28.2. The highest BCUT2D eigenvalue weighted by molar-refractivity contribution is 7.18. The fourth-order valence-corrected chi connectivity index (χ4v) is 4.18. The maximum Gasteiger partial charge on any atom is 0.335 e. The number of amides is 1. The number of hydrogen-bond acceptors (Lipinski definition) is 6. The van der Waals surface area contributed by atoms with E-state index >= 15 is 0 Å². The Hall–Kier alpha value is -3.30. The van der Waals surface area contributed by atoms with Crippen LogP contribution < -0.4 is 15.1 Å². The Morgan fingerprint density at radius 1 is 1.20 bits per heavy atom. The van der Waals surface area contributed by atoms with Gasteiger partial charge in [-0.3, -0.25) is 15.1 Å². The Labute approximate surface area is 181 Å². The van der Waals surface area contributed by atoms with Gasteiger partial charge in [0.2, 0.25) is 0 Å². The monoisotopic (exact) mass is 444 g/mol. The van der Waals surface area contributed by atoms with Crippen LogP contribution in [-0.2, 0) is 9.53 Å². The lowest BCUT2D eigenvalue weighted by molar-refractivity contribution is -0.133. The van der Waals surface area contributed by atoms with Crippen molar-refractivity contribution in [3.63, 3.8) is 0 Å². The fourth-order valence-electron chi connectivity index (χ4n) is 3.23. The molecule has 10 heteroatoms. The summed E-state index contributed by atoms with van der Waals surface area (Å²) in [6.07, 6.45) is 3.88. The molecule has 1 atom stereocenters. The van der Waals surface area contributed by atoms with Crippen LogP contribution in [0.15, 0.2) is 60.3 Å². The van der Waals surface area contributed by atoms with Crippen molar-refractivity contribution >= 4 is 52.2 Å². The molecule has 1 amide bonds. The van der Waals surface area contributed by atoms with Crippen LogP contribution in [0.5, 0.6) is 0 Å². The zero-order valence-electron chi connectivity index (χ0n) is 15.5. The van der Waals surface area contributed by atoms with Crippen molar-refractivity contribution in [2.75, 3.05) is 23.0 Å². The van der Waals surface area contributed by atoms with E-state index in [1.807, 2.05) is 12.1 Å². The second kappa shape index (κ2) is 8.21. The largest absolute Gasteiger partial charge is 0.478 e. The molecule has 2 aromatic rings. The Morgan fingerprint density at radius 3 is 2.53 bits per heavy atom. The summed E-state index contributed by atoms with van der Waals surface area (Å²) in [7, 11) is 0. The van der Waals surface area contributed by atoms with E-state index in [-0.39, 0.29) is 11.6 Å². The molecule has 0 radical (unpaired) electrons. The van der Waals surface area contributed by atoms with E-state index in [1.54, 1.807) is 46.3 Å². The maximum atomic E-state index is 12.7. The number of halogens is 1. The number of ether oxygens (including phenoxy) is 1. The molecule has 154 valence electrons. The number of carbonyl (C=O) groups excluding carboxylic acids is 1. The minimum Gasteiger partial charge on any atom is -0.478 e. The first-order valence-corrected chi connectivity index (χ1v) is 10.2. The summed E-state index contributed by atoms with van der Waals surface area (Å²) in [5.41, 5.74) is 1.51. The minimum absolute atomic E-state index is 0.0345. The summed E-state index contributed by atoms with van der Waals surface area (Å²) >= 11 is 7.03. The highest BCUT2D eigenvalue weighted by Gasteiger charge is 2.30. The molecule has 0 aliphatic carbocycles. The van der Waals surface area contributed by atoms with Crippen LogP contribution in [0.2, 0.25) is 4.34 Å². The number of rotatable bonds is 5. The van der Waals surface area contributed by atoms with Gasteiger partial charge in [0, 0.05) is 17.6 Å². The first kappa shape index (κ1) is 20.0. The van der Waals surface area contributed by atoms with Crippen LogP contribution in [0.1, 0.15) is 9.67 Å². The van der Waals surface area contributed by atoms with Gasteiger partial charge >= 0.3 is 5.97 Å². The normalized spacial score (nSPS) is 18.2. The van der Waals surface area contributed by atoms with E-state index in [1.165, 1.54) is 6.08 Å². The molecule has 1 aromatic carbocycles. The molecule has 1 saturated heterocycles. The van der Waals surface area contributed by atoms with Gasteiger partial charge in [-0.2, -0.15) is 0 Å². The van der Waals surface area contributed by atoms with Crippen LogP contribution in [0, 0.1) is 5.41 Å². The van der Waals surface area contributed by atoms with Crippen molar-refractivity contribution in [2.24, 2.45) is 0 Å². The highest BCUT2D eigenvalue weighted by Crippen LogP contribution is 2.28. The quantitative estimate of drug-likeness (QED) is 0.653. The summed E-state index contributed by atoms with van der Waals surface area (Å²) in [6, 6.07) is 10.6. The highest BCUT2D eigenvalue weighted by atomic mass is 35.5. The number of allylic oxidation sites excluding steroid dienone is 2. The number of amidine groups is 1. The van der Waals surface area contributed by atoms with E-state index in [0.717, 1.165) is 17.0 Å². The number of benzene rings is 1. The molecule has 30 heavy (non-hydrogen) atoms. The molecule has 0 bridgehead atoms. The number of hydrogen-bond donors (Lipinski definition) is 3. The van der Waals surface area contributed by atoms with Gasteiger partial charge in [0.25, 0.3) is 11.9 Å². The molecule has 3 heterocycles. The molecule has 2 aliphatic heterocycles. The zero-order chi connectivity index (χ0) is 21.3. The maximum absolute atomic E-state index is 12.7. The fraction of sp³-hybridized carbons (Fsp3) is 0.150. The van der Waals surface area contributed by atoms with Crippen molar-refractivity contribution in [3.05, 3.63) is 69.5 Å². The molecule has 0 saturated carbocycles. The van der Waals surface area contributed by atoms with Crippen molar-refractivity contribution in [2.45, 2.75) is 6.17 Å². The van der Waals surface area contributed by atoms with Gasteiger partial charge in [-0.15, -0.1) is 11.3 Å². The van der Waals surface area contributed by atoms with Crippen LogP contribution >= 0.6 is 22.9 Å². The number of carbonyl (C=O) groups is 2. The van der Waals surface area contributed by atoms with Gasteiger partial charge in [0.1, 0.15) is 12.8 Å². The molecule has 1 unspecified atom stereocenters. The van der Waals surface area contributed by atoms with E-state index in [0.29, 0.717) is 28.1 Å². The minimum atomic E-state index is -1.13. The van der Waals surface area contributed by atoms with Gasteiger partial charge < -0.3 is 20.1 Å². The zero-order valence-corrected chi connectivity index (χ0v) is 17.1. The lowest BCUT2D eigenvalue weighted by Gasteiger charge is -2.33. The Bertz CT molecular complexity index is 1060. The first-order valence-electron chi connectivity index (χ1n) is 8.99. The molecule has 4 rings (SSSR count). The topological polar surface area (TPSA) is 106 Å². The second-order valence-electron chi connectivity index (χ2n) is 6.48. The van der Waals surface area contributed by atoms with Crippen molar-refractivity contribution < 1.29 is 19.4 Å². The number of thiophene rings is 1.